The smallest absolute Gasteiger partial charge is 0.175 e. The predicted molar refractivity (Wildman–Crippen MR) is 107 cm³/mol. The minimum atomic E-state index is 0.488. The molecule has 0 radical (unpaired) electrons. The van der Waals surface area contributed by atoms with Crippen molar-refractivity contribution in [2.24, 2.45) is 0 Å². The van der Waals surface area contributed by atoms with Crippen molar-refractivity contribution in [2.45, 2.75) is 6.54 Å². The number of anilines is 2. The maximum absolute atomic E-state index is 6.13. The highest BCUT2D eigenvalue weighted by atomic mass is 79.9. The number of rotatable bonds is 4. The van der Waals surface area contributed by atoms with E-state index >= 15 is 0 Å². The Morgan fingerprint density at radius 2 is 2.00 bits per heavy atom. The molecule has 0 saturated carbocycles. The molecule has 0 aliphatic heterocycles. The predicted octanol–water partition coefficient (Wildman–Crippen LogP) is 5.16. The summed E-state index contributed by atoms with van der Waals surface area (Å²) in [5.74, 6) is 0. The van der Waals surface area contributed by atoms with Gasteiger partial charge >= 0.3 is 0 Å². The molecule has 0 saturated heterocycles. The first-order valence-corrected chi connectivity index (χ1v) is 8.77. The van der Waals surface area contributed by atoms with Gasteiger partial charge < -0.3 is 10.6 Å². The first-order valence-electron chi connectivity index (χ1n) is 7.19. The van der Waals surface area contributed by atoms with Crippen molar-refractivity contribution in [1.82, 2.24) is 9.78 Å². The van der Waals surface area contributed by atoms with Crippen LogP contribution in [0.1, 0.15) is 5.56 Å². The van der Waals surface area contributed by atoms with Crippen molar-refractivity contribution in [3.8, 4) is 0 Å². The fraction of sp³-hybridized carbons (Fsp3) is 0.0588. The highest BCUT2D eigenvalue weighted by Crippen LogP contribution is 2.21. The molecule has 24 heavy (non-hydrogen) atoms. The number of hydrogen-bond acceptors (Lipinski definition) is 2. The van der Waals surface area contributed by atoms with Gasteiger partial charge in [-0.3, -0.25) is 4.68 Å². The first kappa shape index (κ1) is 17.0. The zero-order valence-corrected chi connectivity index (χ0v) is 15.7. The van der Waals surface area contributed by atoms with Crippen LogP contribution in [0.25, 0.3) is 0 Å². The molecule has 0 spiro atoms. The fourth-order valence-electron chi connectivity index (χ4n) is 2.21. The molecular formula is C17H14BrClN4S. The molecule has 0 fully saturated rings. The lowest BCUT2D eigenvalue weighted by Crippen LogP contribution is -2.19. The summed E-state index contributed by atoms with van der Waals surface area (Å²) in [6.07, 6.45) is 3.70. The lowest BCUT2D eigenvalue weighted by molar-refractivity contribution is 0.687. The van der Waals surface area contributed by atoms with E-state index < -0.39 is 0 Å². The van der Waals surface area contributed by atoms with E-state index in [4.69, 9.17) is 23.8 Å². The van der Waals surface area contributed by atoms with Crippen molar-refractivity contribution in [3.63, 3.8) is 0 Å². The number of nitrogens with one attached hydrogen (secondary N) is 2. The molecule has 2 N–H and O–H groups in total. The molecule has 7 heteroatoms. The van der Waals surface area contributed by atoms with Gasteiger partial charge in [-0.2, -0.15) is 5.10 Å². The number of benzene rings is 2. The van der Waals surface area contributed by atoms with Gasteiger partial charge in [0.1, 0.15) is 0 Å². The van der Waals surface area contributed by atoms with Gasteiger partial charge in [-0.25, -0.2) is 0 Å². The third-order valence-electron chi connectivity index (χ3n) is 3.25. The highest BCUT2D eigenvalue weighted by Gasteiger charge is 2.04. The van der Waals surface area contributed by atoms with Gasteiger partial charge in [-0.05, 0) is 58.0 Å². The van der Waals surface area contributed by atoms with Crippen LogP contribution >= 0.6 is 39.7 Å². The van der Waals surface area contributed by atoms with Crippen LogP contribution in [0.2, 0.25) is 5.02 Å². The lowest BCUT2D eigenvalue weighted by Gasteiger charge is -2.12. The highest BCUT2D eigenvalue weighted by molar-refractivity contribution is 9.10. The largest absolute Gasteiger partial charge is 0.332 e. The van der Waals surface area contributed by atoms with Crippen LogP contribution in [0, 0.1) is 0 Å². The van der Waals surface area contributed by atoms with Gasteiger partial charge in [0.25, 0.3) is 0 Å². The molecule has 0 bridgehead atoms. The van der Waals surface area contributed by atoms with Crippen molar-refractivity contribution in [1.29, 1.82) is 0 Å². The van der Waals surface area contributed by atoms with Crippen LogP contribution in [-0.4, -0.2) is 14.9 Å². The van der Waals surface area contributed by atoms with E-state index in [2.05, 4.69) is 31.7 Å². The third kappa shape index (κ3) is 4.56. The molecule has 3 aromatic rings. The van der Waals surface area contributed by atoms with Crippen LogP contribution in [-0.2, 0) is 6.54 Å². The van der Waals surface area contributed by atoms with Crippen LogP contribution in [0.3, 0.4) is 0 Å². The molecule has 0 aliphatic rings. The summed E-state index contributed by atoms with van der Waals surface area (Å²) in [4.78, 5) is 0. The normalized spacial score (nSPS) is 10.4. The lowest BCUT2D eigenvalue weighted by atomic mass is 10.2. The van der Waals surface area contributed by atoms with Crippen molar-refractivity contribution < 1.29 is 0 Å². The molecule has 3 rings (SSSR count). The van der Waals surface area contributed by atoms with E-state index in [9.17, 15) is 0 Å². The Morgan fingerprint density at radius 1 is 1.17 bits per heavy atom. The van der Waals surface area contributed by atoms with Gasteiger partial charge in [0.15, 0.2) is 5.11 Å². The molecular weight excluding hydrogens is 408 g/mol. The Balaban J connectivity index is 1.66. The summed E-state index contributed by atoms with van der Waals surface area (Å²) in [6, 6.07) is 15.5. The quantitative estimate of drug-likeness (QED) is 0.571. The topological polar surface area (TPSA) is 41.9 Å². The number of thiocarbonyl (C=S) groups is 1. The molecule has 1 aromatic heterocycles. The average molecular weight is 422 g/mol. The van der Waals surface area contributed by atoms with Crippen LogP contribution in [0.15, 0.2) is 65.4 Å². The molecule has 4 nitrogen and oxygen atoms in total. The summed E-state index contributed by atoms with van der Waals surface area (Å²) >= 11 is 14.9. The zero-order chi connectivity index (χ0) is 16.9. The standard InChI is InChI=1S/C17H14BrClN4S/c18-13-9-20-23(11-13)10-12-4-3-5-14(8-12)21-17(24)22-16-7-2-1-6-15(16)19/h1-9,11H,10H2,(H2,21,22,24). The summed E-state index contributed by atoms with van der Waals surface area (Å²) in [5, 5.41) is 11.6. The second kappa shape index (κ2) is 7.79. The average Bonchev–Trinajstić information content (AvgIpc) is 2.95. The van der Waals surface area contributed by atoms with Crippen LogP contribution < -0.4 is 10.6 Å². The number of halogens is 2. The minimum Gasteiger partial charge on any atom is -0.332 e. The van der Waals surface area contributed by atoms with E-state index in [1.165, 1.54) is 0 Å². The summed E-state index contributed by atoms with van der Waals surface area (Å²) in [5.41, 5.74) is 2.80. The van der Waals surface area contributed by atoms with E-state index in [-0.39, 0.29) is 0 Å². The number of aromatic nitrogens is 2. The van der Waals surface area contributed by atoms with E-state index in [0.29, 0.717) is 16.7 Å². The molecule has 1 heterocycles. The van der Waals surface area contributed by atoms with E-state index in [1.807, 2.05) is 59.4 Å². The molecule has 122 valence electrons. The van der Waals surface area contributed by atoms with Gasteiger partial charge in [-0.1, -0.05) is 35.9 Å². The Hall–Kier alpha value is -1.89. The van der Waals surface area contributed by atoms with Gasteiger partial charge in [0.2, 0.25) is 0 Å². The molecule has 0 aliphatic carbocycles. The second-order valence-electron chi connectivity index (χ2n) is 5.12. The number of nitrogens with zero attached hydrogens (tertiary/aromatic N) is 2. The molecule has 2 aromatic carbocycles. The maximum atomic E-state index is 6.13. The Kier molecular flexibility index (Phi) is 5.50. The summed E-state index contributed by atoms with van der Waals surface area (Å²) in [6.45, 7) is 0.686. The van der Waals surface area contributed by atoms with E-state index in [1.54, 1.807) is 6.20 Å². The van der Waals surface area contributed by atoms with Gasteiger partial charge in [-0.15, -0.1) is 0 Å². The van der Waals surface area contributed by atoms with E-state index in [0.717, 1.165) is 21.4 Å². The summed E-state index contributed by atoms with van der Waals surface area (Å²) in [7, 11) is 0. The van der Waals surface area contributed by atoms with Crippen molar-refractivity contribution >= 4 is 56.2 Å². The fourth-order valence-corrected chi connectivity index (χ4v) is 2.95. The number of para-hydroxylation sites is 1. The van der Waals surface area contributed by atoms with Crippen molar-refractivity contribution in [3.05, 3.63) is 76.0 Å². The molecule has 0 amide bonds. The SMILES string of the molecule is S=C(Nc1cccc(Cn2cc(Br)cn2)c1)Nc1ccccc1Cl. The third-order valence-corrected chi connectivity index (χ3v) is 4.20. The van der Waals surface area contributed by atoms with Gasteiger partial charge in [0.05, 0.1) is 27.9 Å². The zero-order valence-electron chi connectivity index (χ0n) is 12.5. The molecule has 0 atom stereocenters. The number of hydrogen-bond donors (Lipinski definition) is 2. The Labute approximate surface area is 159 Å². The molecule has 0 unspecified atom stereocenters. The minimum absolute atomic E-state index is 0.488. The second-order valence-corrected chi connectivity index (χ2v) is 6.85. The van der Waals surface area contributed by atoms with Crippen LogP contribution in [0.5, 0.6) is 0 Å². The first-order chi connectivity index (χ1) is 11.6. The van der Waals surface area contributed by atoms with Crippen molar-refractivity contribution in [2.75, 3.05) is 10.6 Å². The Bertz CT molecular complexity index is 865. The summed E-state index contributed by atoms with van der Waals surface area (Å²) < 4.78 is 2.82. The Morgan fingerprint density at radius 3 is 2.75 bits per heavy atom. The van der Waals surface area contributed by atoms with Crippen LogP contribution in [0.4, 0.5) is 11.4 Å². The van der Waals surface area contributed by atoms with Gasteiger partial charge in [0, 0.05) is 11.9 Å². The maximum Gasteiger partial charge on any atom is 0.175 e. The monoisotopic (exact) mass is 420 g/mol.